The molecule has 0 radical (unpaired) electrons. The first-order valence-corrected chi connectivity index (χ1v) is 6.57. The maximum Gasteiger partial charge on any atom is 0.258 e. The number of phenols is 1. The molecule has 1 aromatic rings. The van der Waals surface area contributed by atoms with Crippen molar-refractivity contribution in [2.75, 3.05) is 26.4 Å². The molecule has 1 heterocycles. The van der Waals surface area contributed by atoms with Crippen LogP contribution >= 0.6 is 0 Å². The highest BCUT2D eigenvalue weighted by atomic mass is 16.5. The molecule has 20 heavy (non-hydrogen) atoms. The Balaban J connectivity index is 1.74. The highest BCUT2D eigenvalue weighted by Gasteiger charge is 2.30. The summed E-state index contributed by atoms with van der Waals surface area (Å²) in [5.74, 6) is -0.0936. The number of aromatic hydroxyl groups is 1. The summed E-state index contributed by atoms with van der Waals surface area (Å²) in [5, 5.41) is 22.3. The molecule has 1 fully saturated rings. The van der Waals surface area contributed by atoms with Crippen LogP contribution in [0.15, 0.2) is 24.3 Å². The van der Waals surface area contributed by atoms with E-state index in [9.17, 15) is 15.0 Å². The van der Waals surface area contributed by atoms with Crippen molar-refractivity contribution in [3.05, 3.63) is 24.3 Å². The first kappa shape index (κ1) is 14.6. The average Bonchev–Trinajstić information content (AvgIpc) is 2.45. The number of para-hydroxylation sites is 2. The molecule has 1 saturated heterocycles. The molecule has 0 aromatic heterocycles. The van der Waals surface area contributed by atoms with Crippen molar-refractivity contribution in [2.45, 2.75) is 18.4 Å². The van der Waals surface area contributed by atoms with E-state index in [0.717, 1.165) is 0 Å². The number of rotatable bonds is 5. The predicted molar refractivity (Wildman–Crippen MR) is 71.6 cm³/mol. The maximum atomic E-state index is 11.7. The van der Waals surface area contributed by atoms with Crippen molar-refractivity contribution in [2.24, 2.45) is 0 Å². The summed E-state index contributed by atoms with van der Waals surface area (Å²) in [4.78, 5) is 11.7. The van der Waals surface area contributed by atoms with E-state index in [1.54, 1.807) is 18.2 Å². The van der Waals surface area contributed by atoms with E-state index in [0.29, 0.717) is 26.1 Å². The molecular weight excluding hydrogens is 262 g/mol. The third kappa shape index (κ3) is 4.11. The van der Waals surface area contributed by atoms with Crippen molar-refractivity contribution in [1.29, 1.82) is 0 Å². The van der Waals surface area contributed by atoms with Gasteiger partial charge in [0.05, 0.1) is 5.60 Å². The summed E-state index contributed by atoms with van der Waals surface area (Å²) in [7, 11) is 0. The number of carbonyl (C=O) groups is 1. The molecule has 0 saturated carbocycles. The molecule has 1 aliphatic rings. The lowest BCUT2D eigenvalue weighted by atomic mass is 9.94. The van der Waals surface area contributed by atoms with Gasteiger partial charge in [0.15, 0.2) is 18.1 Å². The number of phenolic OH excluding ortho intramolecular Hbond substituents is 1. The molecule has 110 valence electrons. The van der Waals surface area contributed by atoms with E-state index in [4.69, 9.17) is 9.47 Å². The van der Waals surface area contributed by atoms with Gasteiger partial charge in [-0.25, -0.2) is 0 Å². The zero-order valence-electron chi connectivity index (χ0n) is 11.2. The Morgan fingerprint density at radius 1 is 1.35 bits per heavy atom. The van der Waals surface area contributed by atoms with E-state index in [1.807, 2.05) is 0 Å². The molecule has 1 amide bonds. The van der Waals surface area contributed by atoms with Gasteiger partial charge in [-0.1, -0.05) is 12.1 Å². The molecule has 0 bridgehead atoms. The number of hydrogen-bond acceptors (Lipinski definition) is 5. The van der Waals surface area contributed by atoms with Crippen LogP contribution in [0, 0.1) is 0 Å². The first-order chi connectivity index (χ1) is 9.59. The molecular formula is C14H19NO5. The average molecular weight is 281 g/mol. The van der Waals surface area contributed by atoms with Crippen molar-refractivity contribution < 1.29 is 24.5 Å². The summed E-state index contributed by atoms with van der Waals surface area (Å²) in [5.41, 5.74) is -0.900. The summed E-state index contributed by atoms with van der Waals surface area (Å²) in [6.07, 6.45) is 1.02. The Morgan fingerprint density at radius 3 is 2.75 bits per heavy atom. The third-order valence-corrected chi connectivity index (χ3v) is 3.26. The van der Waals surface area contributed by atoms with Gasteiger partial charge in [0.2, 0.25) is 0 Å². The topological polar surface area (TPSA) is 88.0 Å². The van der Waals surface area contributed by atoms with Crippen LogP contribution in [0.3, 0.4) is 0 Å². The number of hydrogen-bond donors (Lipinski definition) is 3. The van der Waals surface area contributed by atoms with Gasteiger partial charge in [-0.05, 0) is 12.1 Å². The monoisotopic (exact) mass is 281 g/mol. The molecule has 2 rings (SSSR count). The number of ether oxygens (including phenoxy) is 2. The second-order valence-corrected chi connectivity index (χ2v) is 4.87. The van der Waals surface area contributed by atoms with Crippen molar-refractivity contribution in [3.8, 4) is 11.5 Å². The van der Waals surface area contributed by atoms with Crippen LogP contribution in [-0.4, -0.2) is 48.1 Å². The van der Waals surface area contributed by atoms with Crippen LogP contribution in [-0.2, 0) is 9.53 Å². The summed E-state index contributed by atoms with van der Waals surface area (Å²) < 4.78 is 10.4. The van der Waals surface area contributed by atoms with Crippen molar-refractivity contribution >= 4 is 5.91 Å². The van der Waals surface area contributed by atoms with Crippen LogP contribution in [0.5, 0.6) is 11.5 Å². The van der Waals surface area contributed by atoms with E-state index in [1.165, 1.54) is 6.07 Å². The molecule has 3 N–H and O–H groups in total. The Hall–Kier alpha value is -1.79. The first-order valence-electron chi connectivity index (χ1n) is 6.57. The largest absolute Gasteiger partial charge is 0.504 e. The summed E-state index contributed by atoms with van der Waals surface area (Å²) in [6.45, 7) is 0.977. The minimum Gasteiger partial charge on any atom is -0.504 e. The number of amides is 1. The van der Waals surface area contributed by atoms with E-state index in [-0.39, 0.29) is 30.6 Å². The smallest absolute Gasteiger partial charge is 0.258 e. The molecule has 0 atom stereocenters. The fourth-order valence-electron chi connectivity index (χ4n) is 1.96. The highest BCUT2D eigenvalue weighted by molar-refractivity contribution is 5.77. The number of nitrogens with one attached hydrogen (secondary N) is 1. The second-order valence-electron chi connectivity index (χ2n) is 4.87. The Bertz CT molecular complexity index is 457. The van der Waals surface area contributed by atoms with E-state index in [2.05, 4.69) is 5.32 Å². The van der Waals surface area contributed by atoms with Crippen LogP contribution in [0.4, 0.5) is 0 Å². The molecule has 0 unspecified atom stereocenters. The molecule has 0 aliphatic carbocycles. The highest BCUT2D eigenvalue weighted by Crippen LogP contribution is 2.24. The van der Waals surface area contributed by atoms with Gasteiger partial charge in [-0.2, -0.15) is 0 Å². The van der Waals surface area contributed by atoms with E-state index < -0.39 is 5.60 Å². The van der Waals surface area contributed by atoms with Gasteiger partial charge in [0.1, 0.15) is 0 Å². The minimum absolute atomic E-state index is 0.0108. The molecule has 0 spiro atoms. The molecule has 1 aromatic carbocycles. The van der Waals surface area contributed by atoms with Gasteiger partial charge in [0.25, 0.3) is 5.91 Å². The number of carbonyl (C=O) groups excluding carboxylic acids is 1. The Kier molecular flexibility index (Phi) is 4.81. The summed E-state index contributed by atoms with van der Waals surface area (Å²) >= 11 is 0. The van der Waals surface area contributed by atoms with Gasteiger partial charge in [-0.15, -0.1) is 0 Å². The Labute approximate surface area is 117 Å². The zero-order valence-corrected chi connectivity index (χ0v) is 11.2. The summed E-state index contributed by atoms with van der Waals surface area (Å²) in [6, 6.07) is 6.44. The van der Waals surface area contributed by atoms with Gasteiger partial charge in [0, 0.05) is 32.6 Å². The lowest BCUT2D eigenvalue weighted by Crippen LogP contribution is -2.47. The number of benzene rings is 1. The van der Waals surface area contributed by atoms with Crippen molar-refractivity contribution in [1.82, 2.24) is 5.32 Å². The lowest BCUT2D eigenvalue weighted by Gasteiger charge is -2.32. The van der Waals surface area contributed by atoms with E-state index >= 15 is 0 Å². The fraction of sp³-hybridized carbons (Fsp3) is 0.500. The van der Waals surface area contributed by atoms with Crippen LogP contribution in [0.2, 0.25) is 0 Å². The second kappa shape index (κ2) is 6.58. The van der Waals surface area contributed by atoms with Crippen molar-refractivity contribution in [3.63, 3.8) is 0 Å². The molecule has 1 aliphatic heterocycles. The number of aliphatic hydroxyl groups is 1. The van der Waals surface area contributed by atoms with Crippen LogP contribution in [0.1, 0.15) is 12.8 Å². The van der Waals surface area contributed by atoms with Gasteiger partial charge >= 0.3 is 0 Å². The SMILES string of the molecule is O=C(COc1ccccc1O)NCC1(O)CCOCC1. The normalized spacial score (nSPS) is 17.4. The third-order valence-electron chi connectivity index (χ3n) is 3.26. The maximum absolute atomic E-state index is 11.7. The molecule has 6 heteroatoms. The Morgan fingerprint density at radius 2 is 2.05 bits per heavy atom. The van der Waals surface area contributed by atoms with Crippen LogP contribution in [0.25, 0.3) is 0 Å². The fourth-order valence-corrected chi connectivity index (χ4v) is 1.96. The minimum atomic E-state index is -0.900. The van der Waals surface area contributed by atoms with Crippen LogP contribution < -0.4 is 10.1 Å². The predicted octanol–water partition coefficient (Wildman–Crippen LogP) is 0.429. The lowest BCUT2D eigenvalue weighted by molar-refractivity contribution is -0.125. The quantitative estimate of drug-likeness (QED) is 0.728. The zero-order chi connectivity index (χ0) is 14.4. The van der Waals surface area contributed by atoms with Gasteiger partial charge in [-0.3, -0.25) is 4.79 Å². The standard InChI is InChI=1S/C14H19NO5/c16-11-3-1-2-4-12(11)20-9-13(17)15-10-14(18)5-7-19-8-6-14/h1-4,16,18H,5-10H2,(H,15,17). The molecule has 6 nitrogen and oxygen atoms in total. The van der Waals surface area contributed by atoms with Gasteiger partial charge < -0.3 is 25.0 Å².